The van der Waals surface area contributed by atoms with Gasteiger partial charge in [0.05, 0.1) is 18.1 Å². The molecule has 1 aromatic rings. The second-order valence-electron chi connectivity index (χ2n) is 5.45. The number of hydrogen-bond donors (Lipinski definition) is 1. The van der Waals surface area contributed by atoms with Crippen LogP contribution in [-0.4, -0.2) is 24.6 Å². The Morgan fingerprint density at radius 1 is 1.33 bits per heavy atom. The van der Waals surface area contributed by atoms with Gasteiger partial charge in [-0.1, -0.05) is 20.8 Å². The van der Waals surface area contributed by atoms with E-state index in [2.05, 4.69) is 26.1 Å². The van der Waals surface area contributed by atoms with Crippen molar-refractivity contribution in [2.45, 2.75) is 46.1 Å². The lowest BCUT2D eigenvalue weighted by Gasteiger charge is -2.24. The van der Waals surface area contributed by atoms with Crippen LogP contribution in [0.15, 0.2) is 18.2 Å². The number of non-ortho nitro benzene ring substituents is 1. The van der Waals surface area contributed by atoms with Gasteiger partial charge in [0.25, 0.3) is 5.69 Å². The summed E-state index contributed by atoms with van der Waals surface area (Å²) in [4.78, 5) is 10.6. The molecule has 0 spiro atoms. The fourth-order valence-electron chi connectivity index (χ4n) is 2.58. The van der Waals surface area contributed by atoms with Crippen LogP contribution in [0.4, 0.5) is 5.69 Å². The molecule has 0 aliphatic heterocycles. The van der Waals surface area contributed by atoms with Crippen LogP contribution in [0, 0.1) is 16.0 Å². The molecule has 0 saturated carbocycles. The molecule has 0 aliphatic carbocycles. The average Bonchev–Trinajstić information content (AvgIpc) is 2.47. The van der Waals surface area contributed by atoms with Gasteiger partial charge in [0, 0.05) is 12.1 Å². The van der Waals surface area contributed by atoms with Crippen LogP contribution < -0.4 is 10.1 Å². The minimum Gasteiger partial charge on any atom is -0.496 e. The van der Waals surface area contributed by atoms with Crippen molar-refractivity contribution in [1.29, 1.82) is 0 Å². The highest BCUT2D eigenvalue weighted by molar-refractivity contribution is 5.43. The van der Waals surface area contributed by atoms with E-state index < -0.39 is 0 Å². The number of nitrogens with one attached hydrogen (secondary N) is 1. The van der Waals surface area contributed by atoms with E-state index in [-0.39, 0.29) is 10.6 Å². The van der Waals surface area contributed by atoms with Crippen LogP contribution in [-0.2, 0) is 6.42 Å². The van der Waals surface area contributed by atoms with E-state index in [1.807, 2.05) is 6.07 Å². The Morgan fingerprint density at radius 3 is 2.57 bits per heavy atom. The highest BCUT2D eigenvalue weighted by atomic mass is 16.6. The third-order valence-corrected chi connectivity index (χ3v) is 3.74. The van der Waals surface area contributed by atoms with Gasteiger partial charge in [-0.2, -0.15) is 0 Å². The van der Waals surface area contributed by atoms with E-state index in [0.717, 1.165) is 31.4 Å². The van der Waals surface area contributed by atoms with Gasteiger partial charge in [-0.25, -0.2) is 0 Å². The largest absolute Gasteiger partial charge is 0.496 e. The molecule has 2 atom stereocenters. The number of ether oxygens (including phenoxy) is 1. The zero-order chi connectivity index (χ0) is 15.8. The normalized spacial score (nSPS) is 13.7. The van der Waals surface area contributed by atoms with Crippen molar-refractivity contribution in [3.05, 3.63) is 33.9 Å². The smallest absolute Gasteiger partial charge is 0.273 e. The zero-order valence-electron chi connectivity index (χ0n) is 13.4. The topological polar surface area (TPSA) is 64.4 Å². The van der Waals surface area contributed by atoms with Crippen molar-refractivity contribution in [3.63, 3.8) is 0 Å². The first kappa shape index (κ1) is 17.4. The molecule has 0 heterocycles. The molecular weight excluding hydrogens is 268 g/mol. The Kier molecular flexibility index (Phi) is 7.15. The van der Waals surface area contributed by atoms with Crippen LogP contribution in [0.3, 0.4) is 0 Å². The lowest BCUT2D eigenvalue weighted by molar-refractivity contribution is -0.385. The molecule has 0 aliphatic rings. The molecular formula is C16H26N2O3. The third-order valence-electron chi connectivity index (χ3n) is 3.74. The highest BCUT2D eigenvalue weighted by Crippen LogP contribution is 2.25. The van der Waals surface area contributed by atoms with Gasteiger partial charge >= 0.3 is 0 Å². The Labute approximate surface area is 126 Å². The van der Waals surface area contributed by atoms with E-state index >= 15 is 0 Å². The zero-order valence-corrected chi connectivity index (χ0v) is 13.4. The Bertz CT molecular complexity index is 463. The van der Waals surface area contributed by atoms with Gasteiger partial charge in [0.1, 0.15) is 5.75 Å². The first-order valence-corrected chi connectivity index (χ1v) is 7.57. The monoisotopic (exact) mass is 294 g/mol. The van der Waals surface area contributed by atoms with E-state index in [4.69, 9.17) is 4.74 Å². The lowest BCUT2D eigenvalue weighted by Crippen LogP contribution is -2.35. The molecule has 1 N–H and O–H groups in total. The summed E-state index contributed by atoms with van der Waals surface area (Å²) in [5.41, 5.74) is 1.04. The summed E-state index contributed by atoms with van der Waals surface area (Å²) in [6.45, 7) is 7.50. The van der Waals surface area contributed by atoms with Crippen LogP contribution in [0.1, 0.15) is 39.2 Å². The van der Waals surface area contributed by atoms with Gasteiger partial charge in [-0.15, -0.1) is 0 Å². The van der Waals surface area contributed by atoms with Gasteiger partial charge in [-0.3, -0.25) is 10.1 Å². The van der Waals surface area contributed by atoms with E-state index in [1.54, 1.807) is 6.07 Å². The van der Waals surface area contributed by atoms with Crippen molar-refractivity contribution in [2.24, 2.45) is 5.92 Å². The molecule has 5 nitrogen and oxygen atoms in total. The van der Waals surface area contributed by atoms with Crippen molar-refractivity contribution in [3.8, 4) is 5.75 Å². The number of benzene rings is 1. The molecule has 2 unspecified atom stereocenters. The van der Waals surface area contributed by atoms with Gasteiger partial charge in [0.2, 0.25) is 0 Å². The summed E-state index contributed by atoms with van der Waals surface area (Å²) >= 11 is 0. The molecule has 21 heavy (non-hydrogen) atoms. The summed E-state index contributed by atoms with van der Waals surface area (Å²) < 4.78 is 5.16. The maximum atomic E-state index is 11.0. The fraction of sp³-hybridized carbons (Fsp3) is 0.625. The number of hydrogen-bond acceptors (Lipinski definition) is 4. The van der Waals surface area contributed by atoms with Crippen LogP contribution in [0.2, 0.25) is 0 Å². The van der Waals surface area contributed by atoms with E-state index in [1.165, 1.54) is 13.2 Å². The molecule has 0 aromatic heterocycles. The SMILES string of the molecule is CCCNC(CC)C(C)Cc1cc(OC)cc([N+](=O)[O-])c1. The molecule has 0 radical (unpaired) electrons. The van der Waals surface area contributed by atoms with Crippen LogP contribution in [0.25, 0.3) is 0 Å². The molecule has 1 rings (SSSR count). The first-order valence-electron chi connectivity index (χ1n) is 7.57. The number of nitro groups is 1. The van der Waals surface area contributed by atoms with Crippen molar-refractivity contribution < 1.29 is 9.66 Å². The van der Waals surface area contributed by atoms with Gasteiger partial charge < -0.3 is 10.1 Å². The minimum absolute atomic E-state index is 0.0890. The molecule has 1 aromatic carbocycles. The quantitative estimate of drug-likeness (QED) is 0.558. The second-order valence-corrected chi connectivity index (χ2v) is 5.45. The number of rotatable bonds is 9. The molecule has 0 amide bonds. The summed E-state index contributed by atoms with van der Waals surface area (Å²) in [5, 5.41) is 14.5. The van der Waals surface area contributed by atoms with Crippen LogP contribution >= 0.6 is 0 Å². The van der Waals surface area contributed by atoms with Gasteiger partial charge in [-0.05, 0) is 43.4 Å². The van der Waals surface area contributed by atoms with Gasteiger partial charge in [0.15, 0.2) is 0 Å². The molecule has 0 fully saturated rings. The summed E-state index contributed by atoms with van der Waals surface area (Å²) in [6.07, 6.45) is 2.95. The average molecular weight is 294 g/mol. The standard InChI is InChI=1S/C16H26N2O3/c1-5-7-17-16(6-2)12(3)8-13-9-14(18(19)20)11-15(10-13)21-4/h9-12,16-17H,5-8H2,1-4H3. The lowest BCUT2D eigenvalue weighted by atomic mass is 9.92. The minimum atomic E-state index is -0.372. The van der Waals surface area contributed by atoms with Crippen molar-refractivity contribution >= 4 is 5.69 Å². The molecule has 118 valence electrons. The molecule has 0 bridgehead atoms. The summed E-state index contributed by atoms with van der Waals surface area (Å²) in [6, 6.07) is 5.41. The Balaban J connectivity index is 2.85. The number of nitro benzene ring substituents is 1. The number of nitrogens with zero attached hydrogens (tertiary/aromatic N) is 1. The maximum absolute atomic E-state index is 11.0. The third kappa shape index (κ3) is 5.34. The predicted molar refractivity (Wildman–Crippen MR) is 84.9 cm³/mol. The first-order chi connectivity index (χ1) is 10.0. The van der Waals surface area contributed by atoms with Crippen molar-refractivity contribution in [2.75, 3.05) is 13.7 Å². The predicted octanol–water partition coefficient (Wildman–Crippen LogP) is 3.56. The second kappa shape index (κ2) is 8.62. The fourth-order valence-corrected chi connectivity index (χ4v) is 2.58. The van der Waals surface area contributed by atoms with Crippen molar-refractivity contribution in [1.82, 2.24) is 5.32 Å². The molecule has 5 heteroatoms. The Morgan fingerprint density at radius 2 is 2.05 bits per heavy atom. The Hall–Kier alpha value is -1.62. The number of methoxy groups -OCH3 is 1. The van der Waals surface area contributed by atoms with E-state index in [0.29, 0.717) is 17.7 Å². The maximum Gasteiger partial charge on any atom is 0.273 e. The molecule has 0 saturated heterocycles. The summed E-state index contributed by atoms with van der Waals surface area (Å²) in [5.74, 6) is 0.953. The van der Waals surface area contributed by atoms with E-state index in [9.17, 15) is 10.1 Å². The van der Waals surface area contributed by atoms with Crippen LogP contribution in [0.5, 0.6) is 5.75 Å². The summed E-state index contributed by atoms with van der Waals surface area (Å²) in [7, 11) is 1.53. The highest BCUT2D eigenvalue weighted by Gasteiger charge is 2.17.